The topological polar surface area (TPSA) is 81.3 Å². The summed E-state index contributed by atoms with van der Waals surface area (Å²) in [6.45, 7) is 0. The van der Waals surface area contributed by atoms with E-state index in [1.54, 1.807) is 30.5 Å². The molecule has 34 heavy (non-hydrogen) atoms. The molecule has 0 spiro atoms. The van der Waals surface area contributed by atoms with Crippen LogP contribution in [0.15, 0.2) is 53.5 Å². The molecule has 0 saturated carbocycles. The van der Waals surface area contributed by atoms with Gasteiger partial charge in [0, 0.05) is 46.1 Å². The number of rotatable bonds is 4. The van der Waals surface area contributed by atoms with Crippen molar-refractivity contribution < 1.29 is 27.4 Å². The van der Waals surface area contributed by atoms with E-state index in [1.807, 2.05) is 0 Å². The molecule has 6 nitrogen and oxygen atoms in total. The summed E-state index contributed by atoms with van der Waals surface area (Å²) in [6.07, 6.45) is -2.57. The Bertz CT molecular complexity index is 1480. The summed E-state index contributed by atoms with van der Waals surface area (Å²) in [6, 6.07) is 10.6. The van der Waals surface area contributed by atoms with Crippen LogP contribution in [0.2, 0.25) is 0 Å². The molecule has 1 aliphatic carbocycles. The number of hydrogen-bond donors (Lipinski definition) is 1. The number of hydrogen-bond acceptors (Lipinski definition) is 6. The fraction of sp³-hybridized carbons (Fsp3) is 0.208. The number of benzene rings is 2. The molecule has 0 amide bonds. The van der Waals surface area contributed by atoms with Crippen LogP contribution in [0.25, 0.3) is 21.5 Å². The first kappa shape index (κ1) is 22.1. The van der Waals surface area contributed by atoms with Crippen molar-refractivity contribution in [3.63, 3.8) is 0 Å². The van der Waals surface area contributed by atoms with Gasteiger partial charge >= 0.3 is 6.36 Å². The van der Waals surface area contributed by atoms with Gasteiger partial charge in [0.25, 0.3) is 0 Å². The number of carbonyl (C=O) groups is 1. The summed E-state index contributed by atoms with van der Waals surface area (Å²) in [4.78, 5) is 34.3. The molecule has 0 fully saturated rings. The predicted molar refractivity (Wildman–Crippen MR) is 121 cm³/mol. The molecule has 1 atom stereocenters. The molecule has 2 heterocycles. The highest BCUT2D eigenvalue weighted by molar-refractivity contribution is 7.15. The van der Waals surface area contributed by atoms with E-state index in [0.29, 0.717) is 39.3 Å². The Hall–Kier alpha value is -3.66. The lowest BCUT2D eigenvalue weighted by atomic mass is 9.84. The van der Waals surface area contributed by atoms with Crippen LogP contribution >= 0.6 is 11.3 Å². The first-order valence-corrected chi connectivity index (χ1v) is 11.1. The molecule has 2 aromatic carbocycles. The lowest BCUT2D eigenvalue weighted by Crippen LogP contribution is -2.27. The first-order valence-electron chi connectivity index (χ1n) is 10.3. The highest BCUT2D eigenvalue weighted by Gasteiger charge is 2.32. The lowest BCUT2D eigenvalue weighted by molar-refractivity contribution is -0.274. The highest BCUT2D eigenvalue weighted by Crippen LogP contribution is 2.38. The van der Waals surface area contributed by atoms with E-state index < -0.39 is 6.36 Å². The predicted octanol–water partition coefficient (Wildman–Crippen LogP) is 5.47. The minimum atomic E-state index is -4.78. The number of pyridine rings is 1. The SMILES string of the molecule is COc1ccc2c(=O)c3c([nH]c2c1)CC(c1cnc(-c2cccc(OC(F)(F)F)c2)s1)CC3=O. The van der Waals surface area contributed by atoms with Crippen LogP contribution in [0.1, 0.15) is 33.3 Å². The van der Waals surface area contributed by atoms with Gasteiger partial charge in [0.1, 0.15) is 16.5 Å². The van der Waals surface area contributed by atoms with Gasteiger partial charge in [-0.2, -0.15) is 0 Å². The van der Waals surface area contributed by atoms with Crippen LogP contribution in [0.4, 0.5) is 13.2 Å². The number of Topliss-reactive ketones (excluding diaryl/α,β-unsaturated/α-hetero) is 1. The van der Waals surface area contributed by atoms with E-state index in [0.717, 1.165) is 4.88 Å². The van der Waals surface area contributed by atoms with Gasteiger partial charge in [-0.15, -0.1) is 24.5 Å². The van der Waals surface area contributed by atoms with Gasteiger partial charge in [-0.25, -0.2) is 4.98 Å². The van der Waals surface area contributed by atoms with Crippen LogP contribution < -0.4 is 14.9 Å². The number of carbonyl (C=O) groups excluding carboxylic acids is 1. The van der Waals surface area contributed by atoms with Crippen molar-refractivity contribution in [3.05, 3.63) is 75.0 Å². The maximum absolute atomic E-state index is 13.0. The molecular weight excluding hydrogens is 469 g/mol. The summed E-state index contributed by atoms with van der Waals surface area (Å²) in [7, 11) is 1.53. The average molecular weight is 486 g/mol. The van der Waals surface area contributed by atoms with Crippen molar-refractivity contribution in [2.75, 3.05) is 7.11 Å². The van der Waals surface area contributed by atoms with Crippen molar-refractivity contribution in [2.45, 2.75) is 25.1 Å². The van der Waals surface area contributed by atoms with Gasteiger partial charge < -0.3 is 14.5 Å². The summed E-state index contributed by atoms with van der Waals surface area (Å²) in [5.74, 6) is -0.200. The average Bonchev–Trinajstić information content (AvgIpc) is 3.28. The number of thiazole rings is 1. The van der Waals surface area contributed by atoms with Gasteiger partial charge in [0.15, 0.2) is 11.2 Å². The van der Waals surface area contributed by atoms with Crippen LogP contribution in [0.3, 0.4) is 0 Å². The van der Waals surface area contributed by atoms with E-state index in [4.69, 9.17) is 4.74 Å². The fourth-order valence-corrected chi connectivity index (χ4v) is 5.19. The molecule has 174 valence electrons. The van der Waals surface area contributed by atoms with Crippen LogP contribution in [-0.4, -0.2) is 29.2 Å². The number of aromatic nitrogens is 2. The van der Waals surface area contributed by atoms with E-state index in [1.165, 1.54) is 36.6 Å². The van der Waals surface area contributed by atoms with Gasteiger partial charge in [0.2, 0.25) is 0 Å². The summed E-state index contributed by atoms with van der Waals surface area (Å²) in [5.41, 5.74) is 1.49. The summed E-state index contributed by atoms with van der Waals surface area (Å²) >= 11 is 1.30. The smallest absolute Gasteiger partial charge is 0.497 e. The maximum atomic E-state index is 13.0. The van der Waals surface area contributed by atoms with Crippen molar-refractivity contribution in [1.29, 1.82) is 0 Å². The number of fused-ring (bicyclic) bond motifs is 2. The number of nitrogens with one attached hydrogen (secondary N) is 1. The zero-order valence-electron chi connectivity index (χ0n) is 17.7. The molecule has 0 radical (unpaired) electrons. The van der Waals surface area contributed by atoms with Gasteiger partial charge in [-0.1, -0.05) is 12.1 Å². The molecule has 0 aliphatic heterocycles. The third kappa shape index (κ3) is 4.16. The second-order valence-corrected chi connectivity index (χ2v) is 8.95. The molecule has 10 heteroatoms. The Morgan fingerprint density at radius 3 is 2.68 bits per heavy atom. The quantitative estimate of drug-likeness (QED) is 0.414. The largest absolute Gasteiger partial charge is 0.573 e. The van der Waals surface area contributed by atoms with Crippen molar-refractivity contribution in [1.82, 2.24) is 9.97 Å². The number of nitrogens with zero attached hydrogens (tertiary/aromatic N) is 1. The van der Waals surface area contributed by atoms with Crippen molar-refractivity contribution in [2.24, 2.45) is 0 Å². The van der Waals surface area contributed by atoms with E-state index in [9.17, 15) is 22.8 Å². The third-order valence-corrected chi connectivity index (χ3v) is 6.90. The van der Waals surface area contributed by atoms with E-state index in [2.05, 4.69) is 14.7 Å². The monoisotopic (exact) mass is 486 g/mol. The number of alkyl halides is 3. The minimum Gasteiger partial charge on any atom is -0.497 e. The Kier molecular flexibility index (Phi) is 5.40. The maximum Gasteiger partial charge on any atom is 0.573 e. The Morgan fingerprint density at radius 1 is 1.09 bits per heavy atom. The van der Waals surface area contributed by atoms with Crippen molar-refractivity contribution in [3.8, 4) is 22.1 Å². The van der Waals surface area contributed by atoms with Gasteiger partial charge in [-0.3, -0.25) is 9.59 Å². The molecular formula is C24H17F3N2O4S. The highest BCUT2D eigenvalue weighted by atomic mass is 32.1. The van der Waals surface area contributed by atoms with Crippen LogP contribution in [0.5, 0.6) is 11.5 Å². The number of aromatic amines is 1. The fourth-order valence-electron chi connectivity index (χ4n) is 4.18. The number of methoxy groups -OCH3 is 1. The molecule has 1 N–H and O–H groups in total. The second kappa shape index (κ2) is 8.28. The standard InChI is InChI=1S/C24H17F3N2O4S/c1-32-14-5-6-16-17(10-14)29-18-8-13(9-19(30)21(18)22(16)31)20-11-28-23(34-20)12-3-2-4-15(7-12)33-24(25,26)27/h2-7,10-11,13H,8-9H2,1H3,(H,29,31). The molecule has 4 aromatic rings. The first-order chi connectivity index (χ1) is 16.2. The van der Waals surface area contributed by atoms with Gasteiger partial charge in [0.05, 0.1) is 18.2 Å². The minimum absolute atomic E-state index is 0.149. The van der Waals surface area contributed by atoms with E-state index in [-0.39, 0.29) is 34.9 Å². The van der Waals surface area contributed by atoms with Crippen molar-refractivity contribution >= 4 is 28.0 Å². The summed E-state index contributed by atoms with van der Waals surface area (Å²) in [5, 5.41) is 0.935. The number of halogens is 3. The molecule has 0 saturated heterocycles. The lowest BCUT2D eigenvalue weighted by Gasteiger charge is -2.22. The zero-order valence-corrected chi connectivity index (χ0v) is 18.5. The molecule has 1 unspecified atom stereocenters. The molecule has 5 rings (SSSR count). The van der Waals surface area contributed by atoms with Crippen LogP contribution in [0, 0.1) is 0 Å². The van der Waals surface area contributed by atoms with Gasteiger partial charge in [-0.05, 0) is 30.7 Å². The molecule has 0 bridgehead atoms. The number of ether oxygens (including phenoxy) is 2. The van der Waals surface area contributed by atoms with Crippen LogP contribution in [-0.2, 0) is 6.42 Å². The molecule has 2 aromatic heterocycles. The number of H-pyrrole nitrogens is 1. The Morgan fingerprint density at radius 2 is 1.91 bits per heavy atom. The number of ketones is 1. The third-order valence-electron chi connectivity index (χ3n) is 5.69. The Labute approximate surface area is 195 Å². The normalized spacial score (nSPS) is 15.9. The Balaban J connectivity index is 1.46. The zero-order chi connectivity index (χ0) is 24.0. The summed E-state index contributed by atoms with van der Waals surface area (Å²) < 4.78 is 46.9. The second-order valence-electron chi connectivity index (χ2n) is 7.89. The molecule has 1 aliphatic rings. The van der Waals surface area contributed by atoms with E-state index >= 15 is 0 Å².